The van der Waals surface area contributed by atoms with Crippen molar-refractivity contribution in [3.63, 3.8) is 0 Å². The second-order valence-electron chi connectivity index (χ2n) is 4.48. The molecular weight excluding hydrogens is 314 g/mol. The lowest BCUT2D eigenvalue weighted by Gasteiger charge is -2.12. The van der Waals surface area contributed by atoms with E-state index in [0.717, 1.165) is 0 Å². The third kappa shape index (κ3) is 3.67. The summed E-state index contributed by atoms with van der Waals surface area (Å²) in [5, 5.41) is 13.2. The smallest absolute Gasteiger partial charge is 0.340 e. The van der Waals surface area contributed by atoms with E-state index >= 15 is 0 Å². The summed E-state index contributed by atoms with van der Waals surface area (Å²) in [7, 11) is 2.75. The Labute approximate surface area is 137 Å². The Morgan fingerprint density at radius 1 is 1.21 bits per heavy atom. The highest BCUT2D eigenvalue weighted by molar-refractivity contribution is 6.02. The van der Waals surface area contributed by atoms with Crippen LogP contribution in [0, 0.1) is 0 Å². The molecule has 0 bridgehead atoms. The van der Waals surface area contributed by atoms with E-state index in [9.17, 15) is 14.7 Å². The number of aromatic nitrogens is 1. The first-order chi connectivity index (χ1) is 11.6. The number of benzene rings is 1. The topological polar surface area (TPSA) is 110 Å². The number of methoxy groups -OCH3 is 2. The first kappa shape index (κ1) is 16.9. The Hall–Kier alpha value is -3.42. The minimum atomic E-state index is -1.21. The van der Waals surface area contributed by atoms with Gasteiger partial charge in [0.25, 0.3) is 5.91 Å². The summed E-state index contributed by atoms with van der Waals surface area (Å²) in [6.45, 7) is 0. The zero-order valence-corrected chi connectivity index (χ0v) is 13.0. The summed E-state index contributed by atoms with van der Waals surface area (Å²) in [4.78, 5) is 27.2. The standard InChI is InChI=1S/C16H15N3O5/c1-23-12-7-6-10(13(16(21)22)14(12)24-2)9-18-19-15(20)11-5-3-4-8-17-11/h3-9H,1-2H3,(H,19,20)(H,21,22)/b18-9-. The van der Waals surface area contributed by atoms with E-state index in [0.29, 0.717) is 0 Å². The second kappa shape index (κ2) is 7.73. The fourth-order valence-corrected chi connectivity index (χ4v) is 1.99. The van der Waals surface area contributed by atoms with Crippen molar-refractivity contribution in [3.05, 3.63) is 53.3 Å². The van der Waals surface area contributed by atoms with E-state index in [1.165, 1.54) is 38.8 Å². The predicted molar refractivity (Wildman–Crippen MR) is 85.8 cm³/mol. The summed E-state index contributed by atoms with van der Waals surface area (Å²) in [6.07, 6.45) is 2.70. The van der Waals surface area contributed by atoms with Crippen LogP contribution in [0.5, 0.6) is 11.5 Å². The fourth-order valence-electron chi connectivity index (χ4n) is 1.99. The van der Waals surface area contributed by atoms with Gasteiger partial charge in [-0.05, 0) is 24.3 Å². The minimum absolute atomic E-state index is 0.0741. The van der Waals surface area contributed by atoms with Crippen molar-refractivity contribution >= 4 is 18.1 Å². The van der Waals surface area contributed by atoms with Gasteiger partial charge in [0.2, 0.25) is 0 Å². The fraction of sp³-hybridized carbons (Fsp3) is 0.125. The molecule has 124 valence electrons. The molecule has 1 heterocycles. The first-order valence-corrected chi connectivity index (χ1v) is 6.81. The highest BCUT2D eigenvalue weighted by Crippen LogP contribution is 2.32. The lowest BCUT2D eigenvalue weighted by Crippen LogP contribution is -2.19. The number of amides is 1. The number of nitrogens with one attached hydrogen (secondary N) is 1. The molecule has 0 aliphatic carbocycles. The molecule has 2 N–H and O–H groups in total. The van der Waals surface area contributed by atoms with Gasteiger partial charge in [-0.25, -0.2) is 10.2 Å². The number of hydrogen-bond donors (Lipinski definition) is 2. The molecule has 1 aromatic heterocycles. The van der Waals surface area contributed by atoms with Crippen LogP contribution in [0.3, 0.4) is 0 Å². The van der Waals surface area contributed by atoms with Crippen molar-refractivity contribution in [1.82, 2.24) is 10.4 Å². The Morgan fingerprint density at radius 3 is 2.58 bits per heavy atom. The van der Waals surface area contributed by atoms with E-state index in [4.69, 9.17) is 9.47 Å². The van der Waals surface area contributed by atoms with Crippen LogP contribution in [0.1, 0.15) is 26.4 Å². The third-order valence-corrected chi connectivity index (χ3v) is 3.06. The van der Waals surface area contributed by atoms with Crippen LogP contribution >= 0.6 is 0 Å². The van der Waals surface area contributed by atoms with Gasteiger partial charge >= 0.3 is 5.97 Å². The van der Waals surface area contributed by atoms with Crippen LogP contribution in [0.4, 0.5) is 0 Å². The highest BCUT2D eigenvalue weighted by Gasteiger charge is 2.20. The first-order valence-electron chi connectivity index (χ1n) is 6.81. The molecule has 8 heteroatoms. The number of ether oxygens (including phenoxy) is 2. The zero-order chi connectivity index (χ0) is 17.5. The molecule has 0 aliphatic heterocycles. The predicted octanol–water partition coefficient (Wildman–Crippen LogP) is 1.56. The van der Waals surface area contributed by atoms with Crippen LogP contribution < -0.4 is 14.9 Å². The van der Waals surface area contributed by atoms with Gasteiger partial charge in [-0.1, -0.05) is 6.07 Å². The van der Waals surface area contributed by atoms with E-state index in [2.05, 4.69) is 15.5 Å². The Bertz CT molecular complexity index is 775. The van der Waals surface area contributed by atoms with Gasteiger partial charge in [0.1, 0.15) is 11.3 Å². The number of carbonyl (C=O) groups is 2. The number of hydrogen-bond acceptors (Lipinski definition) is 6. The maximum Gasteiger partial charge on any atom is 0.340 e. The molecule has 0 radical (unpaired) electrons. The van der Waals surface area contributed by atoms with Gasteiger partial charge in [-0.15, -0.1) is 0 Å². The van der Waals surface area contributed by atoms with Crippen LogP contribution in [-0.2, 0) is 0 Å². The number of pyridine rings is 1. The zero-order valence-electron chi connectivity index (χ0n) is 13.0. The highest BCUT2D eigenvalue weighted by atomic mass is 16.5. The maximum absolute atomic E-state index is 11.8. The van der Waals surface area contributed by atoms with Gasteiger partial charge in [-0.2, -0.15) is 5.10 Å². The molecule has 1 aromatic carbocycles. The monoisotopic (exact) mass is 329 g/mol. The molecule has 2 aromatic rings. The van der Waals surface area contributed by atoms with Crippen molar-refractivity contribution in [2.45, 2.75) is 0 Å². The SMILES string of the molecule is COc1ccc(/C=N\NC(=O)c2ccccn2)c(C(=O)O)c1OC. The van der Waals surface area contributed by atoms with E-state index in [1.54, 1.807) is 18.2 Å². The number of nitrogens with zero attached hydrogens (tertiary/aromatic N) is 2. The lowest BCUT2D eigenvalue weighted by molar-refractivity contribution is 0.0692. The van der Waals surface area contributed by atoms with Gasteiger partial charge in [0, 0.05) is 11.8 Å². The van der Waals surface area contributed by atoms with Gasteiger partial charge in [0.15, 0.2) is 11.5 Å². The molecule has 0 unspecified atom stereocenters. The van der Waals surface area contributed by atoms with Crippen LogP contribution in [0.15, 0.2) is 41.6 Å². The number of rotatable bonds is 6. The maximum atomic E-state index is 11.8. The molecule has 0 saturated carbocycles. The largest absolute Gasteiger partial charge is 0.493 e. The average molecular weight is 329 g/mol. The molecule has 24 heavy (non-hydrogen) atoms. The number of carboxylic acid groups (broad SMARTS) is 1. The molecule has 0 saturated heterocycles. The lowest BCUT2D eigenvalue weighted by atomic mass is 10.1. The van der Waals surface area contributed by atoms with Gasteiger partial charge in [-0.3, -0.25) is 9.78 Å². The van der Waals surface area contributed by atoms with Crippen molar-refractivity contribution < 1.29 is 24.2 Å². The van der Waals surface area contributed by atoms with Crippen molar-refractivity contribution in [2.75, 3.05) is 14.2 Å². The van der Waals surface area contributed by atoms with Gasteiger partial charge in [0.05, 0.1) is 20.4 Å². The number of carboxylic acids is 1. The molecule has 8 nitrogen and oxygen atoms in total. The van der Waals surface area contributed by atoms with Gasteiger partial charge < -0.3 is 14.6 Å². The Kier molecular flexibility index (Phi) is 5.45. The molecule has 0 fully saturated rings. The number of carbonyl (C=O) groups excluding carboxylic acids is 1. The van der Waals surface area contributed by atoms with Crippen molar-refractivity contribution in [1.29, 1.82) is 0 Å². The molecule has 0 spiro atoms. The molecular formula is C16H15N3O5. The van der Waals surface area contributed by atoms with Crippen molar-refractivity contribution in [3.8, 4) is 11.5 Å². The van der Waals surface area contributed by atoms with E-state index in [-0.39, 0.29) is 28.3 Å². The molecule has 0 atom stereocenters. The normalized spacial score (nSPS) is 10.4. The van der Waals surface area contributed by atoms with E-state index < -0.39 is 11.9 Å². The summed E-state index contributed by atoms with van der Waals surface area (Å²) in [6, 6.07) is 7.93. The molecule has 2 rings (SSSR count). The summed E-state index contributed by atoms with van der Waals surface area (Å²) >= 11 is 0. The Balaban J connectivity index is 2.26. The molecule has 0 aliphatic rings. The van der Waals surface area contributed by atoms with Crippen LogP contribution in [0.25, 0.3) is 0 Å². The average Bonchev–Trinajstić information content (AvgIpc) is 2.61. The quantitative estimate of drug-likeness (QED) is 0.615. The number of hydrazone groups is 1. The summed E-state index contributed by atoms with van der Waals surface area (Å²) in [5.74, 6) is -1.36. The van der Waals surface area contributed by atoms with Crippen LogP contribution in [-0.4, -0.2) is 42.4 Å². The van der Waals surface area contributed by atoms with Crippen molar-refractivity contribution in [2.24, 2.45) is 5.10 Å². The number of aromatic carboxylic acids is 1. The minimum Gasteiger partial charge on any atom is -0.493 e. The summed E-state index contributed by atoms with van der Waals surface area (Å²) in [5.41, 5.74) is 2.61. The third-order valence-electron chi connectivity index (χ3n) is 3.06. The second-order valence-corrected chi connectivity index (χ2v) is 4.48. The Morgan fingerprint density at radius 2 is 2.00 bits per heavy atom. The van der Waals surface area contributed by atoms with E-state index in [1.807, 2.05) is 0 Å². The van der Waals surface area contributed by atoms with Crippen LogP contribution in [0.2, 0.25) is 0 Å². The molecule has 1 amide bonds. The summed E-state index contributed by atoms with van der Waals surface area (Å²) < 4.78 is 10.2.